The second kappa shape index (κ2) is 6.05. The smallest absolute Gasteiger partial charge is 0.0430 e. The van der Waals surface area contributed by atoms with E-state index in [1.807, 2.05) is 0 Å². The maximum absolute atomic E-state index is 5.32. The van der Waals surface area contributed by atoms with E-state index in [0.717, 1.165) is 0 Å². The minimum Gasteiger partial charge on any atom is -0.318 e. The Labute approximate surface area is 57.8 Å². The highest BCUT2D eigenvalue weighted by atomic mass is 15.0. The van der Waals surface area contributed by atoms with Crippen molar-refractivity contribution in [3.05, 3.63) is 0 Å². The molecule has 0 aliphatic heterocycles. The molecule has 0 bridgehead atoms. The number of hydrogen-bond donors (Lipinski definition) is 2. The zero-order valence-corrected chi connectivity index (χ0v) is 6.48. The summed E-state index contributed by atoms with van der Waals surface area (Å²) in [6, 6.07) is 0.639. The molecule has 0 aliphatic carbocycles. The summed E-state index contributed by atoms with van der Waals surface area (Å²) in [5, 5.41) is 3.21. The van der Waals surface area contributed by atoms with Crippen molar-refractivity contribution < 1.29 is 0 Å². The van der Waals surface area contributed by atoms with Crippen LogP contribution in [-0.4, -0.2) is 12.7 Å². The molecule has 0 aliphatic rings. The third-order valence-electron chi connectivity index (χ3n) is 1.54. The summed E-state index contributed by atoms with van der Waals surface area (Å²) < 4.78 is 0. The molecule has 0 aromatic rings. The number of nitrogens with one attached hydrogen (secondary N) is 1. The van der Waals surface area contributed by atoms with E-state index in [1.54, 1.807) is 0 Å². The van der Waals surface area contributed by atoms with Gasteiger partial charge in [0.1, 0.15) is 0 Å². The van der Waals surface area contributed by atoms with Crippen LogP contribution in [0.15, 0.2) is 0 Å². The maximum atomic E-state index is 5.32. The predicted molar refractivity (Wildman–Crippen MR) is 41.2 cm³/mol. The standard InChI is InChI=1S/C7H18N2/c1-3-5-7(4-2)9-6-8/h7,9H,3-6,8H2,1-2H3. The minimum atomic E-state index is 0.610. The van der Waals surface area contributed by atoms with Gasteiger partial charge in [-0.15, -0.1) is 0 Å². The molecule has 0 heterocycles. The van der Waals surface area contributed by atoms with E-state index in [2.05, 4.69) is 19.2 Å². The van der Waals surface area contributed by atoms with E-state index in [1.165, 1.54) is 19.3 Å². The van der Waals surface area contributed by atoms with Gasteiger partial charge in [-0.05, 0) is 12.8 Å². The lowest BCUT2D eigenvalue weighted by molar-refractivity contribution is 0.471. The van der Waals surface area contributed by atoms with Crippen LogP contribution in [0.3, 0.4) is 0 Å². The Morgan fingerprint density at radius 2 is 2.11 bits per heavy atom. The molecule has 0 aromatic carbocycles. The lowest BCUT2D eigenvalue weighted by Gasteiger charge is -2.13. The SMILES string of the molecule is CCCC(CC)NCN. The molecule has 0 saturated heterocycles. The zero-order valence-electron chi connectivity index (χ0n) is 6.48. The Morgan fingerprint density at radius 3 is 2.44 bits per heavy atom. The van der Waals surface area contributed by atoms with Gasteiger partial charge in [0.05, 0.1) is 0 Å². The Balaban J connectivity index is 3.18. The van der Waals surface area contributed by atoms with Gasteiger partial charge >= 0.3 is 0 Å². The van der Waals surface area contributed by atoms with Crippen LogP contribution in [0.2, 0.25) is 0 Å². The second-order valence-corrected chi connectivity index (χ2v) is 2.30. The molecule has 0 spiro atoms. The summed E-state index contributed by atoms with van der Waals surface area (Å²) in [6.07, 6.45) is 3.67. The molecule has 0 fully saturated rings. The van der Waals surface area contributed by atoms with Crippen molar-refractivity contribution in [1.29, 1.82) is 0 Å². The first-order chi connectivity index (χ1) is 4.35. The van der Waals surface area contributed by atoms with Gasteiger partial charge < -0.3 is 11.1 Å². The molecule has 1 unspecified atom stereocenters. The normalized spacial score (nSPS) is 13.7. The average molecular weight is 130 g/mol. The highest BCUT2D eigenvalue weighted by molar-refractivity contribution is 4.61. The second-order valence-electron chi connectivity index (χ2n) is 2.30. The van der Waals surface area contributed by atoms with Gasteiger partial charge in [0.25, 0.3) is 0 Å². The summed E-state index contributed by atoms with van der Waals surface area (Å²) in [5.74, 6) is 0. The first-order valence-electron chi connectivity index (χ1n) is 3.78. The van der Waals surface area contributed by atoms with Crippen LogP contribution in [0.1, 0.15) is 33.1 Å². The molecular weight excluding hydrogens is 112 g/mol. The van der Waals surface area contributed by atoms with Crippen molar-refractivity contribution in [3.63, 3.8) is 0 Å². The third kappa shape index (κ3) is 4.43. The van der Waals surface area contributed by atoms with Gasteiger partial charge in [0.15, 0.2) is 0 Å². The number of rotatable bonds is 5. The zero-order chi connectivity index (χ0) is 7.11. The van der Waals surface area contributed by atoms with Crippen molar-refractivity contribution in [1.82, 2.24) is 5.32 Å². The largest absolute Gasteiger partial charge is 0.318 e. The molecule has 0 radical (unpaired) electrons. The quantitative estimate of drug-likeness (QED) is 0.546. The van der Waals surface area contributed by atoms with Crippen molar-refractivity contribution in [2.75, 3.05) is 6.67 Å². The summed E-state index contributed by atoms with van der Waals surface area (Å²) in [5.41, 5.74) is 5.32. The van der Waals surface area contributed by atoms with E-state index < -0.39 is 0 Å². The molecule has 56 valence electrons. The third-order valence-corrected chi connectivity index (χ3v) is 1.54. The Hall–Kier alpha value is -0.0800. The molecule has 1 atom stereocenters. The maximum Gasteiger partial charge on any atom is 0.0430 e. The molecule has 2 nitrogen and oxygen atoms in total. The molecule has 0 rings (SSSR count). The molecule has 0 amide bonds. The number of hydrogen-bond acceptors (Lipinski definition) is 2. The fourth-order valence-corrected chi connectivity index (χ4v) is 0.966. The van der Waals surface area contributed by atoms with Crippen molar-refractivity contribution in [2.24, 2.45) is 5.73 Å². The van der Waals surface area contributed by atoms with E-state index in [0.29, 0.717) is 12.7 Å². The van der Waals surface area contributed by atoms with E-state index >= 15 is 0 Å². The van der Waals surface area contributed by atoms with Crippen LogP contribution in [0, 0.1) is 0 Å². The van der Waals surface area contributed by atoms with Crippen LogP contribution in [0.25, 0.3) is 0 Å². The fraction of sp³-hybridized carbons (Fsp3) is 1.00. The summed E-state index contributed by atoms with van der Waals surface area (Å²) in [4.78, 5) is 0. The highest BCUT2D eigenvalue weighted by Gasteiger charge is 1.99. The molecule has 0 saturated carbocycles. The lowest BCUT2D eigenvalue weighted by Crippen LogP contribution is -2.33. The fourth-order valence-electron chi connectivity index (χ4n) is 0.966. The lowest BCUT2D eigenvalue weighted by atomic mass is 10.1. The Kier molecular flexibility index (Phi) is 5.99. The Morgan fingerprint density at radius 1 is 1.44 bits per heavy atom. The predicted octanol–water partition coefficient (Wildman–Crippen LogP) is 1.07. The van der Waals surface area contributed by atoms with Gasteiger partial charge in [-0.25, -0.2) is 0 Å². The van der Waals surface area contributed by atoms with E-state index in [-0.39, 0.29) is 0 Å². The average Bonchev–Trinajstić information content (AvgIpc) is 1.88. The monoisotopic (exact) mass is 130 g/mol. The number of nitrogens with two attached hydrogens (primary N) is 1. The van der Waals surface area contributed by atoms with Crippen LogP contribution < -0.4 is 11.1 Å². The van der Waals surface area contributed by atoms with Gasteiger partial charge in [-0.2, -0.15) is 0 Å². The molecule has 3 N–H and O–H groups in total. The van der Waals surface area contributed by atoms with Crippen molar-refractivity contribution >= 4 is 0 Å². The van der Waals surface area contributed by atoms with Crippen LogP contribution in [0.5, 0.6) is 0 Å². The van der Waals surface area contributed by atoms with E-state index in [4.69, 9.17) is 5.73 Å². The highest BCUT2D eigenvalue weighted by Crippen LogP contribution is 1.98. The van der Waals surface area contributed by atoms with Gasteiger partial charge in [0.2, 0.25) is 0 Å². The molecule has 2 heteroatoms. The topological polar surface area (TPSA) is 38.0 Å². The Bertz CT molecular complexity index is 48.9. The summed E-state index contributed by atoms with van der Waals surface area (Å²) in [6.45, 7) is 4.99. The first kappa shape index (κ1) is 8.92. The van der Waals surface area contributed by atoms with Crippen molar-refractivity contribution in [3.8, 4) is 0 Å². The van der Waals surface area contributed by atoms with Crippen LogP contribution in [0.4, 0.5) is 0 Å². The van der Waals surface area contributed by atoms with Gasteiger partial charge in [0, 0.05) is 12.7 Å². The van der Waals surface area contributed by atoms with Gasteiger partial charge in [-0.1, -0.05) is 20.3 Å². The van der Waals surface area contributed by atoms with Crippen LogP contribution >= 0.6 is 0 Å². The summed E-state index contributed by atoms with van der Waals surface area (Å²) in [7, 11) is 0. The van der Waals surface area contributed by atoms with E-state index in [9.17, 15) is 0 Å². The first-order valence-corrected chi connectivity index (χ1v) is 3.78. The molecule has 0 aromatic heterocycles. The summed E-state index contributed by atoms with van der Waals surface area (Å²) >= 11 is 0. The van der Waals surface area contributed by atoms with Crippen molar-refractivity contribution in [2.45, 2.75) is 39.2 Å². The molecular formula is C7H18N2. The van der Waals surface area contributed by atoms with Crippen LogP contribution in [-0.2, 0) is 0 Å². The van der Waals surface area contributed by atoms with Gasteiger partial charge in [-0.3, -0.25) is 0 Å². The molecule has 9 heavy (non-hydrogen) atoms. The minimum absolute atomic E-state index is 0.610.